The molecule has 1 atom stereocenters. The Labute approximate surface area is 113 Å². The second-order valence-electron chi connectivity index (χ2n) is 5.41. The number of methoxy groups -OCH3 is 1. The van der Waals surface area contributed by atoms with Gasteiger partial charge in [-0.25, -0.2) is 4.79 Å². The van der Waals surface area contributed by atoms with Gasteiger partial charge in [-0.2, -0.15) is 0 Å². The number of piperidine rings is 1. The number of ether oxygens (including phenoxy) is 2. The first-order valence-corrected chi connectivity index (χ1v) is 6.70. The Morgan fingerprint density at radius 2 is 2.05 bits per heavy atom. The van der Waals surface area contributed by atoms with Crippen molar-refractivity contribution in [3.8, 4) is 0 Å². The second kappa shape index (κ2) is 4.62. The van der Waals surface area contributed by atoms with Crippen LogP contribution in [0.15, 0.2) is 24.3 Å². The van der Waals surface area contributed by atoms with Crippen LogP contribution in [0, 0.1) is 0 Å². The van der Waals surface area contributed by atoms with Gasteiger partial charge in [0.1, 0.15) is 0 Å². The van der Waals surface area contributed by atoms with E-state index in [9.17, 15) is 4.79 Å². The van der Waals surface area contributed by atoms with E-state index in [4.69, 9.17) is 9.47 Å². The van der Waals surface area contributed by atoms with Crippen LogP contribution in [-0.2, 0) is 19.9 Å². The molecule has 0 aromatic heterocycles. The van der Waals surface area contributed by atoms with Crippen molar-refractivity contribution >= 4 is 5.97 Å². The van der Waals surface area contributed by atoms with Crippen LogP contribution in [0.25, 0.3) is 0 Å². The van der Waals surface area contributed by atoms with Crippen molar-refractivity contribution in [2.75, 3.05) is 27.2 Å². The van der Waals surface area contributed by atoms with Crippen LogP contribution in [0.1, 0.15) is 30.1 Å². The minimum absolute atomic E-state index is 0.303. The maximum Gasteiger partial charge on any atom is 0.339 e. The molecule has 0 aliphatic carbocycles. The fourth-order valence-electron chi connectivity index (χ4n) is 3.14. The molecular weight excluding hydrogens is 242 g/mol. The molecule has 1 fully saturated rings. The van der Waals surface area contributed by atoms with Crippen LogP contribution in [0.2, 0.25) is 0 Å². The fraction of sp³-hybridized carbons (Fsp3) is 0.533. The molecule has 102 valence electrons. The van der Waals surface area contributed by atoms with Crippen LogP contribution in [0.3, 0.4) is 0 Å². The van der Waals surface area contributed by atoms with Crippen molar-refractivity contribution in [2.45, 2.75) is 24.5 Å². The lowest BCUT2D eigenvalue weighted by atomic mass is 9.83. The zero-order valence-corrected chi connectivity index (χ0v) is 11.4. The number of rotatable bonds is 1. The van der Waals surface area contributed by atoms with E-state index in [0.29, 0.717) is 0 Å². The molecule has 0 amide bonds. The van der Waals surface area contributed by atoms with Crippen molar-refractivity contribution in [1.29, 1.82) is 0 Å². The number of fused-ring (bicyclic) bond motifs is 2. The summed E-state index contributed by atoms with van der Waals surface area (Å²) in [5, 5.41) is 0. The summed E-state index contributed by atoms with van der Waals surface area (Å²) in [6.45, 7) is 1.98. The number of esters is 1. The van der Waals surface area contributed by atoms with E-state index in [0.717, 1.165) is 31.5 Å². The topological polar surface area (TPSA) is 38.8 Å². The zero-order valence-electron chi connectivity index (χ0n) is 11.4. The monoisotopic (exact) mass is 261 g/mol. The van der Waals surface area contributed by atoms with Crippen molar-refractivity contribution in [3.05, 3.63) is 35.4 Å². The average molecular weight is 261 g/mol. The first kappa shape index (κ1) is 12.6. The summed E-state index contributed by atoms with van der Waals surface area (Å²) >= 11 is 0. The van der Waals surface area contributed by atoms with Crippen molar-refractivity contribution in [2.24, 2.45) is 0 Å². The molecule has 0 radical (unpaired) electrons. The van der Waals surface area contributed by atoms with Gasteiger partial charge in [0.25, 0.3) is 0 Å². The smallest absolute Gasteiger partial charge is 0.339 e. The Hall–Kier alpha value is -1.39. The summed E-state index contributed by atoms with van der Waals surface area (Å²) in [6.07, 6.45) is 1.28. The van der Waals surface area contributed by atoms with Gasteiger partial charge in [-0.3, -0.25) is 0 Å². The normalized spacial score (nSPS) is 25.3. The summed E-state index contributed by atoms with van der Waals surface area (Å²) in [7, 11) is 3.53. The van der Waals surface area contributed by atoms with Crippen molar-refractivity contribution < 1.29 is 14.3 Å². The SMILES string of the molecule is COC(=O)C1OC2(CCN(C)CC2)c2ccccc21. The van der Waals surface area contributed by atoms with E-state index in [1.165, 1.54) is 12.7 Å². The number of carbonyl (C=O) groups excluding carboxylic acids is 1. The molecule has 0 saturated carbocycles. The van der Waals surface area contributed by atoms with E-state index in [2.05, 4.69) is 18.0 Å². The van der Waals surface area contributed by atoms with E-state index >= 15 is 0 Å². The van der Waals surface area contributed by atoms with Crippen LogP contribution in [0.5, 0.6) is 0 Å². The summed E-state index contributed by atoms with van der Waals surface area (Å²) in [5.41, 5.74) is 1.83. The van der Waals surface area contributed by atoms with E-state index in [-0.39, 0.29) is 11.6 Å². The predicted molar refractivity (Wildman–Crippen MR) is 70.7 cm³/mol. The first-order valence-electron chi connectivity index (χ1n) is 6.70. The van der Waals surface area contributed by atoms with Crippen molar-refractivity contribution in [1.82, 2.24) is 4.90 Å². The van der Waals surface area contributed by atoms with Gasteiger partial charge in [0.05, 0.1) is 12.7 Å². The molecule has 4 nitrogen and oxygen atoms in total. The molecule has 2 heterocycles. The Morgan fingerprint density at radius 3 is 2.74 bits per heavy atom. The van der Waals surface area contributed by atoms with E-state index in [1.54, 1.807) is 0 Å². The van der Waals surface area contributed by atoms with Gasteiger partial charge in [-0.1, -0.05) is 24.3 Å². The average Bonchev–Trinajstić information content (AvgIpc) is 2.77. The van der Waals surface area contributed by atoms with Gasteiger partial charge in [0.2, 0.25) is 0 Å². The van der Waals surface area contributed by atoms with Gasteiger partial charge >= 0.3 is 5.97 Å². The van der Waals surface area contributed by atoms with E-state index in [1.807, 2.05) is 18.2 Å². The molecule has 2 aliphatic rings. The highest BCUT2D eigenvalue weighted by Crippen LogP contribution is 2.49. The maximum absolute atomic E-state index is 11.9. The summed E-state index contributed by atoms with van der Waals surface area (Å²) in [4.78, 5) is 14.2. The number of benzene rings is 1. The highest BCUT2D eigenvalue weighted by atomic mass is 16.6. The molecular formula is C15H19NO3. The van der Waals surface area contributed by atoms with E-state index < -0.39 is 6.10 Å². The molecule has 3 rings (SSSR count). The molecule has 1 aromatic rings. The Kier molecular flexibility index (Phi) is 3.07. The van der Waals surface area contributed by atoms with Gasteiger partial charge < -0.3 is 14.4 Å². The zero-order chi connectivity index (χ0) is 13.5. The van der Waals surface area contributed by atoms with Gasteiger partial charge in [0.15, 0.2) is 6.10 Å². The number of nitrogens with zero attached hydrogens (tertiary/aromatic N) is 1. The lowest BCUT2D eigenvalue weighted by Gasteiger charge is -2.38. The minimum atomic E-state index is -0.565. The third kappa shape index (κ3) is 1.95. The van der Waals surface area contributed by atoms with Gasteiger partial charge in [0, 0.05) is 13.1 Å². The van der Waals surface area contributed by atoms with Crippen LogP contribution in [-0.4, -0.2) is 38.1 Å². The van der Waals surface area contributed by atoms with Gasteiger partial charge in [-0.15, -0.1) is 0 Å². The van der Waals surface area contributed by atoms with Gasteiger partial charge in [-0.05, 0) is 31.0 Å². The number of likely N-dealkylation sites (tertiary alicyclic amines) is 1. The predicted octanol–water partition coefficient (Wildman–Crippen LogP) is 1.85. The Bertz CT molecular complexity index is 492. The van der Waals surface area contributed by atoms with Crippen LogP contribution >= 0.6 is 0 Å². The number of carbonyl (C=O) groups is 1. The summed E-state index contributed by atoms with van der Waals surface area (Å²) < 4.78 is 11.0. The highest BCUT2D eigenvalue weighted by Gasteiger charge is 2.48. The minimum Gasteiger partial charge on any atom is -0.467 e. The molecule has 1 spiro atoms. The van der Waals surface area contributed by atoms with Crippen LogP contribution in [0.4, 0.5) is 0 Å². The molecule has 1 saturated heterocycles. The summed E-state index contributed by atoms with van der Waals surface area (Å²) in [5.74, 6) is -0.303. The maximum atomic E-state index is 11.9. The second-order valence-corrected chi connectivity index (χ2v) is 5.41. The fourth-order valence-corrected chi connectivity index (χ4v) is 3.14. The third-order valence-corrected chi connectivity index (χ3v) is 4.29. The quantitative estimate of drug-likeness (QED) is 0.723. The lowest BCUT2D eigenvalue weighted by molar-refractivity contribution is -0.169. The standard InChI is InChI=1S/C15H19NO3/c1-16-9-7-15(8-10-16)12-6-4-3-5-11(12)13(19-15)14(17)18-2/h3-6,13H,7-10H2,1-2H3. The molecule has 0 bridgehead atoms. The molecule has 2 aliphatic heterocycles. The van der Waals surface area contributed by atoms with Crippen molar-refractivity contribution in [3.63, 3.8) is 0 Å². The first-order chi connectivity index (χ1) is 9.16. The molecule has 0 N–H and O–H groups in total. The largest absolute Gasteiger partial charge is 0.467 e. The molecule has 1 unspecified atom stereocenters. The summed E-state index contributed by atoms with van der Waals surface area (Å²) in [6, 6.07) is 8.03. The Morgan fingerprint density at radius 1 is 1.37 bits per heavy atom. The number of hydrogen-bond acceptors (Lipinski definition) is 4. The third-order valence-electron chi connectivity index (χ3n) is 4.29. The lowest BCUT2D eigenvalue weighted by Crippen LogP contribution is -2.41. The van der Waals surface area contributed by atoms with Crippen LogP contribution < -0.4 is 0 Å². The molecule has 19 heavy (non-hydrogen) atoms. The number of hydrogen-bond donors (Lipinski definition) is 0. The molecule has 1 aromatic carbocycles. The highest BCUT2D eigenvalue weighted by molar-refractivity contribution is 5.78. The molecule has 4 heteroatoms. The Balaban J connectivity index is 1.99.